The van der Waals surface area contributed by atoms with Gasteiger partial charge in [0.1, 0.15) is 10.7 Å². The number of likely N-dealkylation sites (tertiary alicyclic amines) is 1. The minimum absolute atomic E-state index is 0.128. The number of amides is 2. The Labute approximate surface area is 141 Å². The summed E-state index contributed by atoms with van der Waals surface area (Å²) in [6, 6.07) is 8.13. The molecule has 1 N–H and O–H groups in total. The lowest BCUT2D eigenvalue weighted by Crippen LogP contribution is -2.55. The Morgan fingerprint density at radius 2 is 1.92 bits per heavy atom. The largest absolute Gasteiger partial charge is 0.433 e. The predicted octanol–water partition coefficient (Wildman–Crippen LogP) is 1.72. The Morgan fingerprint density at radius 1 is 1.24 bits per heavy atom. The zero-order chi connectivity index (χ0) is 18.0. The number of hydrogen-bond acceptors (Lipinski definition) is 5. The normalized spacial score (nSPS) is 14.0. The molecule has 2 aromatic rings. The molecule has 0 radical (unpaired) electrons. The lowest BCUT2D eigenvalue weighted by molar-refractivity contribution is -0.402. The summed E-state index contributed by atoms with van der Waals surface area (Å²) in [6.45, 7) is 0.694. The van der Waals surface area contributed by atoms with Gasteiger partial charge in [0.15, 0.2) is 5.76 Å². The van der Waals surface area contributed by atoms with Crippen LogP contribution in [0.1, 0.15) is 16.1 Å². The molecule has 2 amide bonds. The van der Waals surface area contributed by atoms with Crippen LogP contribution in [-0.4, -0.2) is 34.7 Å². The van der Waals surface area contributed by atoms with Gasteiger partial charge in [0.05, 0.1) is 12.0 Å². The van der Waals surface area contributed by atoms with Crippen LogP contribution in [0.15, 0.2) is 40.8 Å². The molecule has 130 valence electrons. The predicted molar refractivity (Wildman–Crippen MR) is 83.0 cm³/mol. The SMILES string of the molecule is O=C(NCc1ccc(F)cc1)C1CN(C(=O)c2ccc([N+](=O)[O-])o2)C1. The van der Waals surface area contributed by atoms with Gasteiger partial charge in [0, 0.05) is 19.6 Å². The summed E-state index contributed by atoms with van der Waals surface area (Å²) in [5.41, 5.74) is 0.768. The molecule has 0 atom stereocenters. The maximum atomic E-state index is 12.8. The van der Waals surface area contributed by atoms with Crippen LogP contribution in [0.25, 0.3) is 0 Å². The number of furan rings is 1. The Kier molecular flexibility index (Phi) is 4.46. The second-order valence-electron chi connectivity index (χ2n) is 5.65. The average Bonchev–Trinajstić information content (AvgIpc) is 3.03. The Bertz CT molecular complexity index is 811. The smallest absolute Gasteiger partial charge is 0.395 e. The fourth-order valence-electron chi connectivity index (χ4n) is 2.44. The van der Waals surface area contributed by atoms with Crippen LogP contribution in [0.2, 0.25) is 0 Å². The molecule has 0 aliphatic carbocycles. The van der Waals surface area contributed by atoms with E-state index in [1.54, 1.807) is 12.1 Å². The van der Waals surface area contributed by atoms with Gasteiger partial charge in [-0.3, -0.25) is 19.7 Å². The van der Waals surface area contributed by atoms with Gasteiger partial charge < -0.3 is 14.6 Å². The van der Waals surface area contributed by atoms with Crippen molar-refractivity contribution in [1.29, 1.82) is 0 Å². The molecule has 2 heterocycles. The van der Waals surface area contributed by atoms with E-state index in [0.29, 0.717) is 0 Å². The molecule has 0 saturated carbocycles. The lowest BCUT2D eigenvalue weighted by atomic mass is 9.98. The Hall–Kier alpha value is -3.23. The number of nitro groups is 1. The highest BCUT2D eigenvalue weighted by Gasteiger charge is 2.37. The van der Waals surface area contributed by atoms with Crippen molar-refractivity contribution >= 4 is 17.7 Å². The van der Waals surface area contributed by atoms with E-state index in [1.165, 1.54) is 23.1 Å². The molecule has 1 aliphatic heterocycles. The third-order valence-electron chi connectivity index (χ3n) is 3.90. The zero-order valence-corrected chi connectivity index (χ0v) is 13.0. The first-order valence-corrected chi connectivity index (χ1v) is 7.49. The summed E-state index contributed by atoms with van der Waals surface area (Å²) in [7, 11) is 0. The lowest BCUT2D eigenvalue weighted by Gasteiger charge is -2.37. The van der Waals surface area contributed by atoms with Crippen LogP contribution in [0.3, 0.4) is 0 Å². The summed E-state index contributed by atoms with van der Waals surface area (Å²) < 4.78 is 17.7. The van der Waals surface area contributed by atoms with Gasteiger partial charge in [-0.25, -0.2) is 4.39 Å². The number of halogens is 1. The van der Waals surface area contributed by atoms with Crippen molar-refractivity contribution in [2.75, 3.05) is 13.1 Å². The second kappa shape index (κ2) is 6.71. The van der Waals surface area contributed by atoms with Gasteiger partial charge in [0.25, 0.3) is 5.91 Å². The fourth-order valence-corrected chi connectivity index (χ4v) is 2.44. The monoisotopic (exact) mass is 347 g/mol. The molecule has 1 aliphatic rings. The first kappa shape index (κ1) is 16.6. The van der Waals surface area contributed by atoms with Crippen molar-refractivity contribution in [2.24, 2.45) is 5.92 Å². The molecule has 0 unspecified atom stereocenters. The van der Waals surface area contributed by atoms with Crippen molar-refractivity contribution in [3.05, 3.63) is 63.7 Å². The number of carbonyl (C=O) groups is 2. The van der Waals surface area contributed by atoms with Gasteiger partial charge in [-0.15, -0.1) is 0 Å². The van der Waals surface area contributed by atoms with Crippen LogP contribution < -0.4 is 5.32 Å². The first-order chi connectivity index (χ1) is 11.9. The van der Waals surface area contributed by atoms with Gasteiger partial charge in [-0.05, 0) is 23.8 Å². The third-order valence-corrected chi connectivity index (χ3v) is 3.90. The Morgan fingerprint density at radius 3 is 2.52 bits per heavy atom. The molecular weight excluding hydrogens is 333 g/mol. The summed E-state index contributed by atoms with van der Waals surface area (Å²) in [5, 5.41) is 13.3. The van der Waals surface area contributed by atoms with Gasteiger partial charge >= 0.3 is 5.88 Å². The van der Waals surface area contributed by atoms with E-state index in [2.05, 4.69) is 5.32 Å². The molecule has 3 rings (SSSR count). The molecule has 0 spiro atoms. The number of hydrogen-bond donors (Lipinski definition) is 1. The quantitative estimate of drug-likeness (QED) is 0.655. The minimum atomic E-state index is -0.724. The summed E-state index contributed by atoms with van der Waals surface area (Å²) in [6.07, 6.45) is 0. The van der Waals surface area contributed by atoms with Crippen molar-refractivity contribution < 1.29 is 23.3 Å². The van der Waals surface area contributed by atoms with Crippen LogP contribution in [-0.2, 0) is 11.3 Å². The van der Waals surface area contributed by atoms with E-state index in [9.17, 15) is 24.1 Å². The molecule has 1 aromatic carbocycles. The van der Waals surface area contributed by atoms with E-state index in [4.69, 9.17) is 4.42 Å². The zero-order valence-electron chi connectivity index (χ0n) is 13.0. The topological polar surface area (TPSA) is 106 Å². The van der Waals surface area contributed by atoms with Crippen molar-refractivity contribution in [3.8, 4) is 0 Å². The van der Waals surface area contributed by atoms with E-state index < -0.39 is 16.7 Å². The van der Waals surface area contributed by atoms with Crippen molar-refractivity contribution in [1.82, 2.24) is 10.2 Å². The number of rotatable bonds is 5. The highest BCUT2D eigenvalue weighted by Crippen LogP contribution is 2.22. The van der Waals surface area contributed by atoms with Crippen molar-refractivity contribution in [2.45, 2.75) is 6.54 Å². The molecule has 1 aromatic heterocycles. The standard InChI is InChI=1S/C16H14FN3O5/c17-12-3-1-10(2-4-12)7-18-15(21)11-8-19(9-11)16(22)13-5-6-14(25-13)20(23)24/h1-6,11H,7-9H2,(H,18,21). The molecule has 25 heavy (non-hydrogen) atoms. The van der Waals surface area contributed by atoms with Crippen LogP contribution in [0, 0.1) is 21.8 Å². The Balaban J connectivity index is 1.47. The average molecular weight is 347 g/mol. The van der Waals surface area contributed by atoms with E-state index in [1.807, 2.05) is 0 Å². The van der Waals surface area contributed by atoms with Crippen molar-refractivity contribution in [3.63, 3.8) is 0 Å². The molecular formula is C16H14FN3O5. The van der Waals surface area contributed by atoms with Gasteiger partial charge in [0.2, 0.25) is 5.91 Å². The molecule has 1 fully saturated rings. The highest BCUT2D eigenvalue weighted by atomic mass is 19.1. The van der Waals surface area contributed by atoms with Crippen LogP contribution in [0.4, 0.5) is 10.3 Å². The van der Waals surface area contributed by atoms with Crippen LogP contribution >= 0.6 is 0 Å². The molecule has 0 bridgehead atoms. The summed E-state index contributed by atoms with van der Waals surface area (Å²) >= 11 is 0. The number of benzene rings is 1. The van der Waals surface area contributed by atoms with Crippen LogP contribution in [0.5, 0.6) is 0 Å². The maximum absolute atomic E-state index is 12.8. The number of nitrogens with one attached hydrogen (secondary N) is 1. The first-order valence-electron chi connectivity index (χ1n) is 7.49. The second-order valence-corrected chi connectivity index (χ2v) is 5.65. The molecule has 1 saturated heterocycles. The van der Waals surface area contributed by atoms with Gasteiger partial charge in [-0.2, -0.15) is 0 Å². The van der Waals surface area contributed by atoms with E-state index in [-0.39, 0.29) is 43.0 Å². The van der Waals surface area contributed by atoms with E-state index in [0.717, 1.165) is 11.6 Å². The minimum Gasteiger partial charge on any atom is -0.395 e. The van der Waals surface area contributed by atoms with Gasteiger partial charge in [-0.1, -0.05) is 12.1 Å². The molecule has 8 nitrogen and oxygen atoms in total. The third kappa shape index (κ3) is 3.65. The highest BCUT2D eigenvalue weighted by molar-refractivity contribution is 5.94. The summed E-state index contributed by atoms with van der Waals surface area (Å²) in [5.74, 6) is -2.03. The fraction of sp³-hybridized carbons (Fsp3) is 0.250. The number of nitrogens with zero attached hydrogens (tertiary/aromatic N) is 2. The maximum Gasteiger partial charge on any atom is 0.433 e. The van der Waals surface area contributed by atoms with E-state index >= 15 is 0 Å². The summed E-state index contributed by atoms with van der Waals surface area (Å²) in [4.78, 5) is 35.3. The number of carbonyl (C=O) groups excluding carboxylic acids is 2. The molecule has 9 heteroatoms.